The van der Waals surface area contributed by atoms with Crippen LogP contribution in [0.2, 0.25) is 0 Å². The smallest absolute Gasteiger partial charge is 0.0674 e. The third kappa shape index (κ3) is 2.58. The van der Waals surface area contributed by atoms with Gasteiger partial charge in [0.1, 0.15) is 0 Å². The summed E-state index contributed by atoms with van der Waals surface area (Å²) in [4.78, 5) is 10.8. The fourth-order valence-electron chi connectivity index (χ4n) is 2.02. The Morgan fingerprint density at radius 2 is 2.07 bits per heavy atom. The molecule has 0 unspecified atom stereocenters. The Bertz CT molecular complexity index is 233. The highest BCUT2D eigenvalue weighted by Crippen LogP contribution is 2.28. The van der Waals surface area contributed by atoms with Crippen LogP contribution in [0, 0.1) is 0 Å². The summed E-state index contributed by atoms with van der Waals surface area (Å²) in [5.41, 5.74) is 1.56. The van der Waals surface area contributed by atoms with Crippen molar-refractivity contribution in [1.29, 1.82) is 0 Å². The third-order valence-corrected chi connectivity index (χ3v) is 2.90. The van der Waals surface area contributed by atoms with Gasteiger partial charge in [-0.1, -0.05) is 12.5 Å². The van der Waals surface area contributed by atoms with Crippen LogP contribution in [0.15, 0.2) is 11.1 Å². The first-order valence-electron chi connectivity index (χ1n) is 5.14. The zero-order valence-corrected chi connectivity index (χ0v) is 8.84. The van der Waals surface area contributed by atoms with Gasteiger partial charge in [0.05, 0.1) is 12.1 Å². The molecule has 1 aliphatic rings. The van der Waals surface area contributed by atoms with E-state index in [4.69, 9.17) is 4.74 Å². The number of carbonyl (C=O) groups excluding carboxylic acids is 1. The molecule has 0 aliphatic heterocycles. The Morgan fingerprint density at radius 1 is 1.50 bits per heavy atom. The molecule has 1 aliphatic carbocycles. The molecule has 14 heavy (non-hydrogen) atoms. The summed E-state index contributed by atoms with van der Waals surface area (Å²) in [7, 11) is 1.71. The second-order valence-corrected chi connectivity index (χ2v) is 3.66. The fraction of sp³-hybridized carbons (Fsp3) is 0.727. The van der Waals surface area contributed by atoms with Gasteiger partial charge in [0, 0.05) is 7.11 Å². The lowest BCUT2D eigenvalue weighted by atomic mass is 9.88. The van der Waals surface area contributed by atoms with Gasteiger partial charge >= 0.3 is 0 Å². The Balaban J connectivity index is 2.66. The third-order valence-electron chi connectivity index (χ3n) is 2.90. The maximum absolute atomic E-state index is 10.8. The number of hydrogen-bond acceptors (Lipinski definition) is 3. The molecule has 0 atom stereocenters. The predicted octanol–water partition coefficient (Wildman–Crippen LogP) is 1.03. The molecule has 80 valence electrons. The molecule has 0 amide bonds. The van der Waals surface area contributed by atoms with Gasteiger partial charge < -0.3 is 14.6 Å². The highest BCUT2D eigenvalue weighted by molar-refractivity contribution is 5.85. The molecular weight excluding hydrogens is 180 g/mol. The summed E-state index contributed by atoms with van der Waals surface area (Å²) in [6, 6.07) is 0. The Hall–Kier alpha value is -0.830. The summed E-state index contributed by atoms with van der Waals surface area (Å²) in [6.45, 7) is 1.86. The summed E-state index contributed by atoms with van der Waals surface area (Å²) >= 11 is 0. The molecule has 0 spiro atoms. The lowest BCUT2D eigenvalue weighted by Gasteiger charge is -2.25. The van der Waals surface area contributed by atoms with E-state index < -0.39 is 5.97 Å². The molecule has 0 aromatic heterocycles. The molecule has 0 radical (unpaired) electrons. The average Bonchev–Trinajstić information content (AvgIpc) is 2.19. The minimum absolute atomic E-state index is 0.304. The van der Waals surface area contributed by atoms with Crippen molar-refractivity contribution >= 4 is 5.97 Å². The van der Waals surface area contributed by atoms with Crippen molar-refractivity contribution in [2.75, 3.05) is 7.11 Å². The van der Waals surface area contributed by atoms with Gasteiger partial charge in [0.2, 0.25) is 0 Å². The van der Waals surface area contributed by atoms with Crippen molar-refractivity contribution in [3.8, 4) is 0 Å². The molecule has 3 nitrogen and oxygen atoms in total. The summed E-state index contributed by atoms with van der Waals surface area (Å²) in [5, 5.41) is 10.8. The first-order valence-corrected chi connectivity index (χ1v) is 5.14. The number of carboxylic acids is 1. The standard InChI is InChI=1S/C11H18O3/c1-3-10(11(12)13)8-4-6-9(14-2)7-5-8/h9H,3-7H2,1-2H3,(H,12,13)/p-1. The molecule has 0 aromatic rings. The molecule has 1 saturated carbocycles. The summed E-state index contributed by atoms with van der Waals surface area (Å²) in [6.07, 6.45) is 4.42. The van der Waals surface area contributed by atoms with Crippen LogP contribution in [0.25, 0.3) is 0 Å². The minimum atomic E-state index is -1.00. The Kier molecular flexibility index (Phi) is 4.14. The maximum Gasteiger partial charge on any atom is 0.0674 e. The zero-order chi connectivity index (χ0) is 10.6. The van der Waals surface area contributed by atoms with E-state index in [0.29, 0.717) is 18.1 Å². The van der Waals surface area contributed by atoms with Gasteiger partial charge in [-0.2, -0.15) is 0 Å². The maximum atomic E-state index is 10.8. The molecule has 1 rings (SSSR count). The lowest BCUT2D eigenvalue weighted by molar-refractivity contribution is -0.299. The molecule has 0 aromatic carbocycles. The van der Waals surface area contributed by atoms with Gasteiger partial charge in [0.25, 0.3) is 0 Å². The van der Waals surface area contributed by atoms with E-state index in [1.807, 2.05) is 6.92 Å². The number of allylic oxidation sites excluding steroid dienone is 1. The van der Waals surface area contributed by atoms with Crippen molar-refractivity contribution in [2.45, 2.75) is 45.1 Å². The van der Waals surface area contributed by atoms with Crippen LogP contribution in [-0.2, 0) is 9.53 Å². The minimum Gasteiger partial charge on any atom is -0.545 e. The van der Waals surface area contributed by atoms with Crippen LogP contribution >= 0.6 is 0 Å². The van der Waals surface area contributed by atoms with Gasteiger partial charge in [-0.05, 0) is 37.7 Å². The molecule has 0 N–H and O–H groups in total. The quantitative estimate of drug-likeness (QED) is 0.635. The zero-order valence-electron chi connectivity index (χ0n) is 8.84. The number of carbonyl (C=O) groups is 1. The van der Waals surface area contributed by atoms with Crippen LogP contribution < -0.4 is 5.11 Å². The lowest BCUT2D eigenvalue weighted by Crippen LogP contribution is -2.27. The number of methoxy groups -OCH3 is 1. The first kappa shape index (κ1) is 11.2. The first-order chi connectivity index (χ1) is 6.69. The van der Waals surface area contributed by atoms with Gasteiger partial charge in [-0.3, -0.25) is 0 Å². The number of rotatable bonds is 3. The van der Waals surface area contributed by atoms with Crippen LogP contribution in [0.5, 0.6) is 0 Å². The second kappa shape index (κ2) is 5.15. The van der Waals surface area contributed by atoms with Crippen LogP contribution in [0.1, 0.15) is 39.0 Å². The van der Waals surface area contributed by atoms with Gasteiger partial charge in [0.15, 0.2) is 0 Å². The number of aliphatic carboxylic acids is 1. The van der Waals surface area contributed by atoms with Gasteiger partial charge in [-0.25, -0.2) is 0 Å². The largest absolute Gasteiger partial charge is 0.545 e. The van der Waals surface area contributed by atoms with E-state index >= 15 is 0 Å². The summed E-state index contributed by atoms with van der Waals surface area (Å²) < 4.78 is 5.23. The molecule has 3 heteroatoms. The van der Waals surface area contributed by atoms with E-state index in [2.05, 4.69) is 0 Å². The Morgan fingerprint density at radius 3 is 2.43 bits per heavy atom. The number of carboxylic acid groups (broad SMARTS) is 1. The normalized spacial score (nSPS) is 22.1. The van der Waals surface area contributed by atoms with Crippen molar-refractivity contribution in [3.63, 3.8) is 0 Å². The molecule has 0 heterocycles. The van der Waals surface area contributed by atoms with Crippen LogP contribution in [-0.4, -0.2) is 19.2 Å². The van der Waals surface area contributed by atoms with E-state index in [9.17, 15) is 9.90 Å². The highest BCUT2D eigenvalue weighted by Gasteiger charge is 2.18. The highest BCUT2D eigenvalue weighted by atomic mass is 16.5. The van der Waals surface area contributed by atoms with Crippen molar-refractivity contribution in [3.05, 3.63) is 11.1 Å². The fourth-order valence-corrected chi connectivity index (χ4v) is 2.02. The van der Waals surface area contributed by atoms with Crippen molar-refractivity contribution < 1.29 is 14.6 Å². The predicted molar refractivity (Wildman–Crippen MR) is 51.6 cm³/mol. The van der Waals surface area contributed by atoms with Crippen molar-refractivity contribution in [2.24, 2.45) is 0 Å². The monoisotopic (exact) mass is 197 g/mol. The number of hydrogen-bond donors (Lipinski definition) is 0. The number of ether oxygens (including phenoxy) is 1. The van der Waals surface area contributed by atoms with E-state index in [1.54, 1.807) is 7.11 Å². The molecule has 1 fully saturated rings. The molecule has 0 bridgehead atoms. The van der Waals surface area contributed by atoms with Crippen molar-refractivity contribution in [1.82, 2.24) is 0 Å². The van der Waals surface area contributed by atoms with E-state index in [1.165, 1.54) is 0 Å². The van der Waals surface area contributed by atoms with E-state index in [-0.39, 0.29) is 0 Å². The van der Waals surface area contributed by atoms with E-state index in [0.717, 1.165) is 31.3 Å². The van der Waals surface area contributed by atoms with Crippen LogP contribution in [0.3, 0.4) is 0 Å². The topological polar surface area (TPSA) is 49.4 Å². The second-order valence-electron chi connectivity index (χ2n) is 3.66. The van der Waals surface area contributed by atoms with Gasteiger partial charge in [-0.15, -0.1) is 0 Å². The molecule has 0 saturated heterocycles. The SMILES string of the molecule is CCC(C(=O)[O-])=C1CCC(OC)CC1. The summed E-state index contributed by atoms with van der Waals surface area (Å²) in [5.74, 6) is -1.00. The molecular formula is C11H17O3-. The van der Waals surface area contributed by atoms with Crippen LogP contribution in [0.4, 0.5) is 0 Å². The average molecular weight is 197 g/mol. The Labute approximate surface area is 84.8 Å².